The van der Waals surface area contributed by atoms with Crippen molar-refractivity contribution in [2.24, 2.45) is 0 Å². The normalized spacial score (nSPS) is 10.8. The maximum absolute atomic E-state index is 12.0. The van der Waals surface area contributed by atoms with Crippen molar-refractivity contribution < 1.29 is 4.79 Å². The van der Waals surface area contributed by atoms with Crippen molar-refractivity contribution >= 4 is 30.8 Å². The summed E-state index contributed by atoms with van der Waals surface area (Å²) in [5.41, 5.74) is 0.573. The van der Waals surface area contributed by atoms with Crippen LogP contribution >= 0.6 is 11.6 Å². The van der Waals surface area contributed by atoms with E-state index < -0.39 is 8.07 Å². The zero-order chi connectivity index (χ0) is 13.1. The SMILES string of the molecule is C#CCNC(=O)c1c(Cl)cccc1[Si](C)(C)C. The summed E-state index contributed by atoms with van der Waals surface area (Å²) in [4.78, 5) is 12.0. The Morgan fingerprint density at radius 3 is 2.65 bits per heavy atom. The minimum atomic E-state index is -1.61. The molecule has 0 spiro atoms. The van der Waals surface area contributed by atoms with Gasteiger partial charge in [0.25, 0.3) is 5.91 Å². The van der Waals surface area contributed by atoms with Gasteiger partial charge in [0.15, 0.2) is 0 Å². The van der Waals surface area contributed by atoms with Crippen molar-refractivity contribution in [2.75, 3.05) is 6.54 Å². The van der Waals surface area contributed by atoms with E-state index in [-0.39, 0.29) is 12.5 Å². The Kier molecular flexibility index (Phi) is 4.38. The van der Waals surface area contributed by atoms with Crippen molar-refractivity contribution in [3.05, 3.63) is 28.8 Å². The monoisotopic (exact) mass is 265 g/mol. The van der Waals surface area contributed by atoms with Gasteiger partial charge in [-0.2, -0.15) is 0 Å². The first-order valence-corrected chi connectivity index (χ1v) is 9.26. The standard InChI is InChI=1S/C13H16ClNOSi/c1-5-9-15-13(16)12-10(14)7-6-8-11(12)17(2,3)4/h1,6-8H,9H2,2-4H3,(H,15,16). The molecule has 0 fully saturated rings. The molecule has 4 heteroatoms. The minimum absolute atomic E-state index is 0.189. The zero-order valence-corrected chi connectivity index (χ0v) is 12.1. The molecule has 0 aliphatic heterocycles. The maximum atomic E-state index is 12.0. The number of carbonyl (C=O) groups is 1. The average Bonchev–Trinajstić information content (AvgIpc) is 2.24. The van der Waals surface area contributed by atoms with E-state index in [9.17, 15) is 4.79 Å². The number of hydrogen-bond donors (Lipinski definition) is 1. The molecule has 2 nitrogen and oxygen atoms in total. The number of hydrogen-bond acceptors (Lipinski definition) is 1. The number of rotatable bonds is 3. The third-order valence-corrected chi connectivity index (χ3v) is 4.75. The molecule has 0 unspecified atom stereocenters. The molecule has 1 aromatic rings. The van der Waals surface area contributed by atoms with Crippen LogP contribution in [-0.4, -0.2) is 20.5 Å². The van der Waals surface area contributed by atoms with E-state index in [1.54, 1.807) is 6.07 Å². The molecule has 0 bridgehead atoms. The first-order valence-electron chi connectivity index (χ1n) is 5.38. The highest BCUT2D eigenvalue weighted by Crippen LogP contribution is 2.17. The van der Waals surface area contributed by atoms with Crippen LogP contribution in [0, 0.1) is 12.3 Å². The number of amides is 1. The number of carbonyl (C=O) groups excluding carboxylic acids is 1. The highest BCUT2D eigenvalue weighted by Gasteiger charge is 2.24. The molecule has 0 radical (unpaired) electrons. The average molecular weight is 266 g/mol. The lowest BCUT2D eigenvalue weighted by atomic mass is 10.2. The molecular weight excluding hydrogens is 250 g/mol. The first-order chi connectivity index (χ1) is 7.88. The lowest BCUT2D eigenvalue weighted by molar-refractivity contribution is 0.0960. The topological polar surface area (TPSA) is 29.1 Å². The molecule has 0 heterocycles. The highest BCUT2D eigenvalue weighted by atomic mass is 35.5. The molecule has 0 saturated carbocycles. The molecule has 90 valence electrons. The summed E-state index contributed by atoms with van der Waals surface area (Å²) < 4.78 is 0. The van der Waals surface area contributed by atoms with Gasteiger partial charge in [0.05, 0.1) is 25.2 Å². The van der Waals surface area contributed by atoms with Crippen molar-refractivity contribution in [2.45, 2.75) is 19.6 Å². The molecule has 1 amide bonds. The molecule has 0 aliphatic rings. The number of terminal acetylenes is 1. The number of benzene rings is 1. The summed E-state index contributed by atoms with van der Waals surface area (Å²) in [5, 5.41) is 4.21. The van der Waals surface area contributed by atoms with Gasteiger partial charge in [-0.1, -0.05) is 49.3 Å². The smallest absolute Gasteiger partial charge is 0.253 e. The van der Waals surface area contributed by atoms with Crippen LogP contribution in [0.4, 0.5) is 0 Å². The van der Waals surface area contributed by atoms with Crippen molar-refractivity contribution in [1.29, 1.82) is 0 Å². The van der Waals surface area contributed by atoms with E-state index in [0.717, 1.165) is 5.19 Å². The fourth-order valence-corrected chi connectivity index (χ4v) is 3.53. The molecule has 0 aliphatic carbocycles. The Morgan fingerprint density at radius 2 is 2.12 bits per heavy atom. The molecule has 1 N–H and O–H groups in total. The predicted molar refractivity (Wildman–Crippen MR) is 75.6 cm³/mol. The summed E-state index contributed by atoms with van der Waals surface area (Å²) in [7, 11) is -1.61. The fourth-order valence-electron chi connectivity index (χ4n) is 1.60. The van der Waals surface area contributed by atoms with Crippen LogP contribution in [0.15, 0.2) is 18.2 Å². The second kappa shape index (κ2) is 5.39. The van der Waals surface area contributed by atoms with E-state index in [2.05, 4.69) is 30.9 Å². The third kappa shape index (κ3) is 3.35. The zero-order valence-electron chi connectivity index (χ0n) is 10.3. The lowest BCUT2D eigenvalue weighted by Crippen LogP contribution is -2.43. The van der Waals surface area contributed by atoms with Gasteiger partial charge in [0.1, 0.15) is 0 Å². The third-order valence-electron chi connectivity index (χ3n) is 2.40. The molecule has 1 aromatic carbocycles. The van der Waals surface area contributed by atoms with Gasteiger partial charge in [0, 0.05) is 0 Å². The van der Waals surface area contributed by atoms with Gasteiger partial charge in [-0.15, -0.1) is 6.42 Å². The first kappa shape index (κ1) is 13.8. The summed E-state index contributed by atoms with van der Waals surface area (Å²) in [6.07, 6.45) is 5.13. The molecule has 1 rings (SSSR count). The van der Waals surface area contributed by atoms with Crippen LogP contribution in [0.1, 0.15) is 10.4 Å². The van der Waals surface area contributed by atoms with Crippen LogP contribution in [0.2, 0.25) is 24.7 Å². The van der Waals surface area contributed by atoms with Gasteiger partial charge < -0.3 is 5.32 Å². The maximum Gasteiger partial charge on any atom is 0.253 e. The molecule has 0 aromatic heterocycles. The number of nitrogens with one attached hydrogen (secondary N) is 1. The summed E-state index contributed by atoms with van der Waals surface area (Å²) in [6.45, 7) is 6.75. The second-order valence-electron chi connectivity index (χ2n) is 4.80. The second-order valence-corrected chi connectivity index (χ2v) is 10.2. The van der Waals surface area contributed by atoms with Gasteiger partial charge in [-0.25, -0.2) is 0 Å². The summed E-state index contributed by atoms with van der Waals surface area (Å²) in [5.74, 6) is 2.19. The van der Waals surface area contributed by atoms with Crippen molar-refractivity contribution in [3.8, 4) is 12.3 Å². The van der Waals surface area contributed by atoms with Gasteiger partial charge >= 0.3 is 0 Å². The van der Waals surface area contributed by atoms with Crippen molar-refractivity contribution in [3.63, 3.8) is 0 Å². The Morgan fingerprint density at radius 1 is 1.47 bits per heavy atom. The van der Waals surface area contributed by atoms with Crippen LogP contribution < -0.4 is 10.5 Å². The predicted octanol–water partition coefficient (Wildman–Crippen LogP) is 2.25. The van der Waals surface area contributed by atoms with E-state index in [1.165, 1.54) is 0 Å². The number of halogens is 1. The van der Waals surface area contributed by atoms with E-state index >= 15 is 0 Å². The largest absolute Gasteiger partial charge is 0.341 e. The Bertz CT molecular complexity index is 471. The fraction of sp³-hybridized carbons (Fsp3) is 0.308. The van der Waals surface area contributed by atoms with Crippen LogP contribution in [0.5, 0.6) is 0 Å². The Balaban J connectivity index is 3.22. The van der Waals surface area contributed by atoms with Crippen LogP contribution in [-0.2, 0) is 0 Å². The molecule has 17 heavy (non-hydrogen) atoms. The van der Waals surface area contributed by atoms with Gasteiger partial charge in [-0.05, 0) is 11.3 Å². The molecular formula is C13H16ClNOSi. The Hall–Kier alpha value is -1.24. The van der Waals surface area contributed by atoms with Crippen LogP contribution in [0.25, 0.3) is 0 Å². The lowest BCUT2D eigenvalue weighted by Gasteiger charge is -2.21. The van der Waals surface area contributed by atoms with E-state index in [0.29, 0.717) is 10.6 Å². The highest BCUT2D eigenvalue weighted by molar-refractivity contribution is 6.89. The molecule has 0 atom stereocenters. The van der Waals surface area contributed by atoms with E-state index in [1.807, 2.05) is 12.1 Å². The summed E-state index contributed by atoms with van der Waals surface area (Å²) >= 11 is 6.12. The van der Waals surface area contributed by atoms with Crippen LogP contribution in [0.3, 0.4) is 0 Å². The van der Waals surface area contributed by atoms with Gasteiger partial charge in [0.2, 0.25) is 0 Å². The summed E-state index contributed by atoms with van der Waals surface area (Å²) in [6, 6.07) is 5.59. The molecule has 0 saturated heterocycles. The van der Waals surface area contributed by atoms with E-state index in [4.69, 9.17) is 18.0 Å². The van der Waals surface area contributed by atoms with Crippen molar-refractivity contribution in [1.82, 2.24) is 5.32 Å². The van der Waals surface area contributed by atoms with Gasteiger partial charge in [-0.3, -0.25) is 4.79 Å². The minimum Gasteiger partial charge on any atom is -0.341 e. The Labute approximate surface area is 108 Å². The quantitative estimate of drug-likeness (QED) is 0.659.